The van der Waals surface area contributed by atoms with Crippen molar-refractivity contribution in [1.82, 2.24) is 10.2 Å². The van der Waals surface area contributed by atoms with Gasteiger partial charge in [-0.3, -0.25) is 9.59 Å². The van der Waals surface area contributed by atoms with Crippen LogP contribution in [0.15, 0.2) is 72.8 Å². The SMILES string of the molecule is CNC(=O)[C@H](Cc1ccccc1)N(Cc1ccc(Cl)c(Cl)c1)C(=O)COc1ccccc1C. The van der Waals surface area contributed by atoms with E-state index in [4.69, 9.17) is 27.9 Å². The van der Waals surface area contributed by atoms with Gasteiger partial charge in [-0.05, 0) is 41.8 Å². The summed E-state index contributed by atoms with van der Waals surface area (Å²) in [7, 11) is 1.56. The van der Waals surface area contributed by atoms with Gasteiger partial charge in [0.25, 0.3) is 5.91 Å². The molecular weight excluding hydrogens is 459 g/mol. The number of carbonyl (C=O) groups excluding carboxylic acids is 2. The molecule has 0 aliphatic rings. The molecule has 33 heavy (non-hydrogen) atoms. The minimum Gasteiger partial charge on any atom is -0.484 e. The highest BCUT2D eigenvalue weighted by Gasteiger charge is 2.30. The maximum atomic E-state index is 13.4. The number of hydrogen-bond acceptors (Lipinski definition) is 3. The molecule has 3 aromatic rings. The van der Waals surface area contributed by atoms with E-state index in [1.54, 1.807) is 25.2 Å². The number of ether oxygens (including phenoxy) is 1. The summed E-state index contributed by atoms with van der Waals surface area (Å²) in [6.45, 7) is 1.89. The lowest BCUT2D eigenvalue weighted by Gasteiger charge is -2.31. The predicted molar refractivity (Wildman–Crippen MR) is 132 cm³/mol. The van der Waals surface area contributed by atoms with Crippen molar-refractivity contribution in [2.24, 2.45) is 0 Å². The molecule has 0 aromatic heterocycles. The van der Waals surface area contributed by atoms with Crippen LogP contribution in [0.5, 0.6) is 5.75 Å². The summed E-state index contributed by atoms with van der Waals surface area (Å²) in [5.41, 5.74) is 2.63. The largest absolute Gasteiger partial charge is 0.484 e. The van der Waals surface area contributed by atoms with Gasteiger partial charge in [-0.1, -0.05) is 77.8 Å². The minimum absolute atomic E-state index is 0.178. The van der Waals surface area contributed by atoms with Gasteiger partial charge in [-0.25, -0.2) is 0 Å². The van der Waals surface area contributed by atoms with Gasteiger partial charge in [-0.15, -0.1) is 0 Å². The molecule has 172 valence electrons. The molecule has 1 atom stereocenters. The smallest absolute Gasteiger partial charge is 0.261 e. The molecule has 3 aromatic carbocycles. The Hall–Kier alpha value is -3.02. The van der Waals surface area contributed by atoms with E-state index in [-0.39, 0.29) is 25.0 Å². The summed E-state index contributed by atoms with van der Waals surface area (Å²) in [4.78, 5) is 27.8. The number of benzene rings is 3. The Morgan fingerprint density at radius 2 is 1.64 bits per heavy atom. The van der Waals surface area contributed by atoms with Gasteiger partial charge >= 0.3 is 0 Å². The van der Waals surface area contributed by atoms with Crippen molar-refractivity contribution < 1.29 is 14.3 Å². The number of carbonyl (C=O) groups is 2. The molecule has 0 fully saturated rings. The summed E-state index contributed by atoms with van der Waals surface area (Å²) in [6, 6.07) is 21.5. The normalized spacial score (nSPS) is 11.5. The highest BCUT2D eigenvalue weighted by Crippen LogP contribution is 2.24. The Balaban J connectivity index is 1.90. The second kappa shape index (κ2) is 11.7. The summed E-state index contributed by atoms with van der Waals surface area (Å²) < 4.78 is 5.80. The zero-order valence-electron chi connectivity index (χ0n) is 18.6. The Labute approximate surface area is 204 Å². The lowest BCUT2D eigenvalue weighted by atomic mass is 10.0. The van der Waals surface area contributed by atoms with E-state index in [9.17, 15) is 9.59 Å². The summed E-state index contributed by atoms with van der Waals surface area (Å²) >= 11 is 12.3. The first-order chi connectivity index (χ1) is 15.9. The topological polar surface area (TPSA) is 58.6 Å². The third kappa shape index (κ3) is 6.73. The molecule has 1 N–H and O–H groups in total. The maximum absolute atomic E-state index is 13.4. The minimum atomic E-state index is -0.736. The number of likely N-dealkylation sites (N-methyl/N-ethyl adjacent to an activating group) is 1. The van der Waals surface area contributed by atoms with E-state index in [1.165, 1.54) is 4.90 Å². The van der Waals surface area contributed by atoms with Gasteiger partial charge in [0.2, 0.25) is 5.91 Å². The van der Waals surface area contributed by atoms with Gasteiger partial charge in [0.1, 0.15) is 11.8 Å². The third-order valence-electron chi connectivity index (χ3n) is 5.30. The Kier molecular flexibility index (Phi) is 8.75. The fourth-order valence-corrected chi connectivity index (χ4v) is 3.82. The number of rotatable bonds is 9. The number of para-hydroxylation sites is 1. The lowest BCUT2D eigenvalue weighted by Crippen LogP contribution is -2.51. The molecule has 0 spiro atoms. The maximum Gasteiger partial charge on any atom is 0.261 e. The van der Waals surface area contributed by atoms with E-state index in [2.05, 4.69) is 5.32 Å². The van der Waals surface area contributed by atoms with Crippen LogP contribution in [-0.2, 0) is 22.6 Å². The second-order valence-electron chi connectivity index (χ2n) is 7.64. The second-order valence-corrected chi connectivity index (χ2v) is 8.46. The Morgan fingerprint density at radius 3 is 2.30 bits per heavy atom. The van der Waals surface area contributed by atoms with Crippen LogP contribution in [0.4, 0.5) is 0 Å². The van der Waals surface area contributed by atoms with E-state index in [0.29, 0.717) is 22.2 Å². The number of halogens is 2. The highest BCUT2D eigenvalue weighted by molar-refractivity contribution is 6.42. The van der Waals surface area contributed by atoms with Gasteiger partial charge in [0.05, 0.1) is 10.0 Å². The molecular formula is C26H26Cl2N2O3. The fourth-order valence-electron chi connectivity index (χ4n) is 3.50. The molecule has 0 radical (unpaired) electrons. The molecule has 0 aliphatic carbocycles. The number of aryl methyl sites for hydroxylation is 1. The highest BCUT2D eigenvalue weighted by atomic mass is 35.5. The van der Waals surface area contributed by atoms with Crippen molar-refractivity contribution in [3.05, 3.63) is 99.5 Å². The molecule has 0 heterocycles. The number of amides is 2. The average Bonchev–Trinajstić information content (AvgIpc) is 2.83. The van der Waals surface area contributed by atoms with Crippen LogP contribution in [0.25, 0.3) is 0 Å². The molecule has 7 heteroatoms. The molecule has 0 aliphatic heterocycles. The van der Waals surface area contributed by atoms with Gasteiger partial charge in [-0.2, -0.15) is 0 Å². The van der Waals surface area contributed by atoms with Crippen LogP contribution in [0.3, 0.4) is 0 Å². The zero-order chi connectivity index (χ0) is 23.8. The van der Waals surface area contributed by atoms with Gasteiger partial charge in [0, 0.05) is 20.0 Å². The van der Waals surface area contributed by atoms with E-state index in [1.807, 2.05) is 61.5 Å². The Bertz CT molecular complexity index is 1110. The zero-order valence-corrected chi connectivity index (χ0v) is 20.1. The van der Waals surface area contributed by atoms with Crippen molar-refractivity contribution >= 4 is 35.0 Å². The molecule has 5 nitrogen and oxygen atoms in total. The Morgan fingerprint density at radius 1 is 0.939 bits per heavy atom. The summed E-state index contributed by atoms with van der Waals surface area (Å²) in [6.07, 6.45) is 0.359. The van der Waals surface area contributed by atoms with Crippen LogP contribution >= 0.6 is 23.2 Å². The molecule has 0 unspecified atom stereocenters. The van der Waals surface area contributed by atoms with Crippen molar-refractivity contribution in [1.29, 1.82) is 0 Å². The van der Waals surface area contributed by atoms with Crippen LogP contribution in [-0.4, -0.2) is 36.4 Å². The quantitative estimate of drug-likeness (QED) is 0.461. The van der Waals surface area contributed by atoms with Gasteiger partial charge < -0.3 is 15.0 Å². The van der Waals surface area contributed by atoms with Crippen LogP contribution in [0.2, 0.25) is 10.0 Å². The van der Waals surface area contributed by atoms with Crippen LogP contribution < -0.4 is 10.1 Å². The first kappa shape index (κ1) is 24.6. The molecule has 0 bridgehead atoms. The molecule has 2 amide bonds. The lowest BCUT2D eigenvalue weighted by molar-refractivity contribution is -0.142. The van der Waals surface area contributed by atoms with Crippen molar-refractivity contribution in [3.63, 3.8) is 0 Å². The molecule has 0 saturated heterocycles. The first-order valence-corrected chi connectivity index (χ1v) is 11.3. The number of nitrogens with one attached hydrogen (secondary N) is 1. The van der Waals surface area contributed by atoms with Crippen molar-refractivity contribution in [2.45, 2.75) is 25.9 Å². The third-order valence-corrected chi connectivity index (χ3v) is 6.04. The van der Waals surface area contributed by atoms with Crippen molar-refractivity contribution in [2.75, 3.05) is 13.7 Å². The monoisotopic (exact) mass is 484 g/mol. The van der Waals surface area contributed by atoms with Crippen LogP contribution in [0, 0.1) is 6.92 Å². The first-order valence-electron chi connectivity index (χ1n) is 10.6. The average molecular weight is 485 g/mol. The van der Waals surface area contributed by atoms with E-state index < -0.39 is 6.04 Å². The van der Waals surface area contributed by atoms with Crippen LogP contribution in [0.1, 0.15) is 16.7 Å². The molecule has 3 rings (SSSR count). The standard InChI is InChI=1S/C26H26Cl2N2O3/c1-18-8-6-7-11-24(18)33-17-25(31)30(16-20-12-13-21(27)22(28)14-20)23(26(32)29-2)15-19-9-4-3-5-10-19/h3-14,23H,15-17H2,1-2H3,(H,29,32)/t23-/m0/s1. The summed E-state index contributed by atoms with van der Waals surface area (Å²) in [5, 5.41) is 3.50. The number of hydrogen-bond donors (Lipinski definition) is 1. The number of nitrogens with zero attached hydrogens (tertiary/aromatic N) is 1. The predicted octanol–water partition coefficient (Wildman–Crippen LogP) is 5.07. The molecule has 0 saturated carbocycles. The van der Waals surface area contributed by atoms with Gasteiger partial charge in [0.15, 0.2) is 6.61 Å². The summed E-state index contributed by atoms with van der Waals surface area (Å²) in [5.74, 6) is 0.0527. The van der Waals surface area contributed by atoms with E-state index >= 15 is 0 Å². The van der Waals surface area contributed by atoms with Crippen molar-refractivity contribution in [3.8, 4) is 5.75 Å². The fraction of sp³-hybridized carbons (Fsp3) is 0.231. The van der Waals surface area contributed by atoms with E-state index in [0.717, 1.165) is 16.7 Å².